The van der Waals surface area contributed by atoms with Crippen molar-refractivity contribution in [2.75, 3.05) is 0 Å². The van der Waals surface area contributed by atoms with Gasteiger partial charge in [-0.15, -0.1) is 0 Å². The molecule has 1 amide bonds. The molecule has 0 aromatic heterocycles. The topological polar surface area (TPSA) is 75.3 Å². The molecule has 66 valence electrons. The van der Waals surface area contributed by atoms with Gasteiger partial charge < -0.3 is 10.8 Å². The molecule has 0 fully saturated rings. The lowest BCUT2D eigenvalue weighted by Gasteiger charge is -2.24. The molecule has 0 aliphatic heterocycles. The molecular formula is C7H16N2O2. The van der Waals surface area contributed by atoms with Crippen molar-refractivity contribution in [1.82, 2.24) is 5.32 Å². The second-order valence-electron chi connectivity index (χ2n) is 3.07. The monoisotopic (exact) mass is 160 g/mol. The van der Waals surface area contributed by atoms with Gasteiger partial charge in [-0.1, -0.05) is 6.92 Å². The van der Waals surface area contributed by atoms with Crippen LogP contribution in [0.2, 0.25) is 0 Å². The van der Waals surface area contributed by atoms with Crippen LogP contribution in [-0.4, -0.2) is 22.8 Å². The second-order valence-corrected chi connectivity index (χ2v) is 3.07. The Morgan fingerprint density at radius 3 is 2.27 bits per heavy atom. The lowest BCUT2D eigenvalue weighted by Crippen LogP contribution is -2.51. The molecule has 0 aromatic carbocycles. The van der Waals surface area contributed by atoms with Gasteiger partial charge in [-0.05, 0) is 20.3 Å². The Hall–Kier alpha value is -0.610. The predicted octanol–water partition coefficient (Wildman–Crippen LogP) is -0.432. The number of nitrogens with one attached hydrogen (secondary N) is 1. The summed E-state index contributed by atoms with van der Waals surface area (Å²) in [6.45, 7) is 4.96. The summed E-state index contributed by atoms with van der Waals surface area (Å²) in [5.41, 5.74) is 4.00. The van der Waals surface area contributed by atoms with Crippen molar-refractivity contribution in [3.8, 4) is 0 Å². The highest BCUT2D eigenvalue weighted by molar-refractivity contribution is 5.79. The van der Waals surface area contributed by atoms with E-state index in [0.717, 1.165) is 0 Å². The van der Waals surface area contributed by atoms with Crippen LogP contribution in [0.3, 0.4) is 0 Å². The van der Waals surface area contributed by atoms with Gasteiger partial charge >= 0.3 is 0 Å². The third-order valence-electron chi connectivity index (χ3n) is 1.28. The van der Waals surface area contributed by atoms with Crippen molar-refractivity contribution in [2.45, 2.75) is 39.0 Å². The average molecular weight is 160 g/mol. The van der Waals surface area contributed by atoms with E-state index >= 15 is 0 Å². The summed E-state index contributed by atoms with van der Waals surface area (Å²) >= 11 is 0. The summed E-state index contributed by atoms with van der Waals surface area (Å²) in [6.07, 6.45) is 0.583. The lowest BCUT2D eigenvalue weighted by atomic mass is 10.2. The predicted molar refractivity (Wildman–Crippen MR) is 42.7 cm³/mol. The lowest BCUT2D eigenvalue weighted by molar-refractivity contribution is -0.122. The Balaban J connectivity index is 3.99. The van der Waals surface area contributed by atoms with Gasteiger partial charge in [0.1, 0.15) is 5.72 Å². The highest BCUT2D eigenvalue weighted by atomic mass is 16.3. The molecule has 4 N–H and O–H groups in total. The summed E-state index contributed by atoms with van der Waals surface area (Å²) in [7, 11) is 0. The number of nitrogens with two attached hydrogens (primary N) is 1. The van der Waals surface area contributed by atoms with Gasteiger partial charge in [0.15, 0.2) is 0 Å². The summed E-state index contributed by atoms with van der Waals surface area (Å²) in [6, 6.07) is -0.449. The van der Waals surface area contributed by atoms with Crippen LogP contribution in [0.4, 0.5) is 0 Å². The quantitative estimate of drug-likeness (QED) is 0.488. The van der Waals surface area contributed by atoms with E-state index in [4.69, 9.17) is 5.73 Å². The molecule has 0 spiro atoms. The zero-order valence-electron chi connectivity index (χ0n) is 7.22. The molecule has 0 radical (unpaired) electrons. The van der Waals surface area contributed by atoms with E-state index in [1.807, 2.05) is 6.92 Å². The maximum atomic E-state index is 10.7. The first kappa shape index (κ1) is 10.4. The fourth-order valence-corrected chi connectivity index (χ4v) is 0.801. The molecule has 0 rings (SSSR count). The van der Waals surface area contributed by atoms with E-state index in [2.05, 4.69) is 5.32 Å². The zero-order valence-corrected chi connectivity index (χ0v) is 7.22. The number of hydrogen-bond donors (Lipinski definition) is 3. The smallest absolute Gasteiger partial charge is 0.234 e. The van der Waals surface area contributed by atoms with Gasteiger partial charge in [0.25, 0.3) is 0 Å². The molecule has 11 heavy (non-hydrogen) atoms. The van der Waals surface area contributed by atoms with Crippen molar-refractivity contribution >= 4 is 5.91 Å². The molecular weight excluding hydrogens is 144 g/mol. The fraction of sp³-hybridized carbons (Fsp3) is 0.857. The van der Waals surface area contributed by atoms with Gasteiger partial charge in [0.2, 0.25) is 5.91 Å². The third-order valence-corrected chi connectivity index (χ3v) is 1.28. The molecule has 0 bridgehead atoms. The summed E-state index contributed by atoms with van der Waals surface area (Å²) in [5.74, 6) is -0.436. The summed E-state index contributed by atoms with van der Waals surface area (Å²) in [4.78, 5) is 10.7. The average Bonchev–Trinajstić information content (AvgIpc) is 1.80. The van der Waals surface area contributed by atoms with E-state index in [-0.39, 0.29) is 0 Å². The molecule has 0 saturated heterocycles. The first-order chi connectivity index (χ1) is 4.87. The highest BCUT2D eigenvalue weighted by Gasteiger charge is 2.20. The number of carbonyl (C=O) groups excluding carboxylic acids is 1. The van der Waals surface area contributed by atoms with Crippen molar-refractivity contribution in [1.29, 1.82) is 0 Å². The van der Waals surface area contributed by atoms with Gasteiger partial charge in [0.05, 0.1) is 6.04 Å². The Labute approximate surface area is 66.8 Å². The third kappa shape index (κ3) is 4.75. The molecule has 0 aliphatic rings. The van der Waals surface area contributed by atoms with Crippen LogP contribution in [-0.2, 0) is 4.79 Å². The standard InChI is InChI=1S/C7H16N2O2/c1-4-5(6(8)10)9-7(2,3)11/h5,9,11H,4H2,1-3H3,(H2,8,10). The van der Waals surface area contributed by atoms with Gasteiger partial charge in [0, 0.05) is 0 Å². The largest absolute Gasteiger partial charge is 0.376 e. The number of carbonyl (C=O) groups is 1. The molecule has 1 unspecified atom stereocenters. The molecule has 0 aliphatic carbocycles. The van der Waals surface area contributed by atoms with Crippen LogP contribution in [0.5, 0.6) is 0 Å². The van der Waals surface area contributed by atoms with E-state index in [9.17, 15) is 9.90 Å². The first-order valence-corrected chi connectivity index (χ1v) is 3.66. The van der Waals surface area contributed by atoms with Crippen LogP contribution in [0.1, 0.15) is 27.2 Å². The minimum Gasteiger partial charge on any atom is -0.376 e. The molecule has 0 heterocycles. The normalized spacial score (nSPS) is 14.5. The van der Waals surface area contributed by atoms with E-state index in [1.165, 1.54) is 0 Å². The minimum atomic E-state index is -1.05. The Kier molecular flexibility index (Phi) is 3.48. The van der Waals surface area contributed by atoms with Gasteiger partial charge in [-0.3, -0.25) is 10.1 Å². The molecule has 1 atom stereocenters. The SMILES string of the molecule is CCC(NC(C)(C)O)C(N)=O. The summed E-state index contributed by atoms with van der Waals surface area (Å²) in [5, 5.41) is 11.9. The van der Waals surface area contributed by atoms with Crippen molar-refractivity contribution < 1.29 is 9.90 Å². The minimum absolute atomic E-state index is 0.436. The van der Waals surface area contributed by atoms with Crippen LogP contribution in [0.15, 0.2) is 0 Å². The fourth-order valence-electron chi connectivity index (χ4n) is 0.801. The Morgan fingerprint density at radius 1 is 1.73 bits per heavy atom. The van der Waals surface area contributed by atoms with Crippen molar-refractivity contribution in [3.63, 3.8) is 0 Å². The Morgan fingerprint density at radius 2 is 2.18 bits per heavy atom. The van der Waals surface area contributed by atoms with Crippen LogP contribution in [0.25, 0.3) is 0 Å². The van der Waals surface area contributed by atoms with E-state index in [0.29, 0.717) is 6.42 Å². The van der Waals surface area contributed by atoms with E-state index in [1.54, 1.807) is 13.8 Å². The molecule has 0 saturated carbocycles. The maximum absolute atomic E-state index is 10.7. The summed E-state index contributed by atoms with van der Waals surface area (Å²) < 4.78 is 0. The van der Waals surface area contributed by atoms with Crippen LogP contribution in [0, 0.1) is 0 Å². The van der Waals surface area contributed by atoms with Gasteiger partial charge in [-0.2, -0.15) is 0 Å². The molecule has 0 aromatic rings. The first-order valence-electron chi connectivity index (χ1n) is 3.66. The van der Waals surface area contributed by atoms with Crippen molar-refractivity contribution in [3.05, 3.63) is 0 Å². The van der Waals surface area contributed by atoms with Crippen LogP contribution < -0.4 is 11.1 Å². The number of hydrogen-bond acceptors (Lipinski definition) is 3. The maximum Gasteiger partial charge on any atom is 0.234 e. The van der Waals surface area contributed by atoms with Gasteiger partial charge in [-0.25, -0.2) is 0 Å². The number of primary amides is 1. The Bertz CT molecular complexity index is 140. The highest BCUT2D eigenvalue weighted by Crippen LogP contribution is 1.99. The molecule has 4 heteroatoms. The number of amides is 1. The number of rotatable bonds is 4. The second kappa shape index (κ2) is 3.69. The zero-order chi connectivity index (χ0) is 9.07. The number of aliphatic hydroxyl groups is 1. The van der Waals surface area contributed by atoms with Crippen LogP contribution >= 0.6 is 0 Å². The van der Waals surface area contributed by atoms with E-state index < -0.39 is 17.7 Å². The van der Waals surface area contributed by atoms with Crippen molar-refractivity contribution in [2.24, 2.45) is 5.73 Å². The molecule has 4 nitrogen and oxygen atoms in total.